The number of hydrogen-bond donors (Lipinski definition) is 1. The zero-order valence-corrected chi connectivity index (χ0v) is 13.7. The van der Waals surface area contributed by atoms with Gasteiger partial charge in [0.05, 0.1) is 34.5 Å². The van der Waals surface area contributed by atoms with Crippen molar-refractivity contribution in [2.24, 2.45) is 0 Å². The molecule has 2 N–H and O–H groups in total. The van der Waals surface area contributed by atoms with Gasteiger partial charge in [0.25, 0.3) is 0 Å². The lowest BCUT2D eigenvalue weighted by atomic mass is 10.2. The van der Waals surface area contributed by atoms with E-state index in [9.17, 15) is 4.79 Å². The third-order valence-corrected chi connectivity index (χ3v) is 4.26. The molecular weight excluding hydrogens is 324 g/mol. The standard InChI is InChI=1S/C17H14N4O2S/c1-2-23-17(22)16-14(19)15(13-4-3-9-24-13)20-21(16)12-7-5-11(10-18)6-8-12/h3-9H,2,19H2,1H3. The van der Waals surface area contributed by atoms with E-state index in [-0.39, 0.29) is 18.0 Å². The van der Waals surface area contributed by atoms with Crippen LogP contribution in [0.15, 0.2) is 41.8 Å². The van der Waals surface area contributed by atoms with Gasteiger partial charge in [-0.05, 0) is 42.6 Å². The normalized spacial score (nSPS) is 10.3. The van der Waals surface area contributed by atoms with Crippen molar-refractivity contribution in [3.63, 3.8) is 0 Å². The lowest BCUT2D eigenvalue weighted by molar-refractivity contribution is 0.0517. The SMILES string of the molecule is CCOC(=O)c1c(N)c(-c2cccs2)nn1-c1ccc(C#N)cc1. The maximum atomic E-state index is 12.4. The lowest BCUT2D eigenvalue weighted by Gasteiger charge is -2.07. The Hall–Kier alpha value is -3.11. The summed E-state index contributed by atoms with van der Waals surface area (Å²) in [6, 6.07) is 12.6. The highest BCUT2D eigenvalue weighted by molar-refractivity contribution is 7.13. The van der Waals surface area contributed by atoms with E-state index >= 15 is 0 Å². The van der Waals surface area contributed by atoms with Crippen molar-refractivity contribution in [3.8, 4) is 22.3 Å². The number of carbonyl (C=O) groups is 1. The number of nitrogens with two attached hydrogens (primary N) is 1. The van der Waals surface area contributed by atoms with Crippen LogP contribution in [0.4, 0.5) is 5.69 Å². The van der Waals surface area contributed by atoms with Crippen LogP contribution in [0.3, 0.4) is 0 Å². The maximum absolute atomic E-state index is 12.4. The molecule has 2 aromatic heterocycles. The van der Waals surface area contributed by atoms with Crippen molar-refractivity contribution in [1.82, 2.24) is 9.78 Å². The Labute approximate surface area is 142 Å². The number of nitrogens with zero attached hydrogens (tertiary/aromatic N) is 3. The highest BCUT2D eigenvalue weighted by atomic mass is 32.1. The Bertz CT molecular complexity index is 905. The molecule has 7 heteroatoms. The largest absolute Gasteiger partial charge is 0.461 e. The Kier molecular flexibility index (Phi) is 4.31. The number of ether oxygens (including phenoxy) is 1. The molecule has 0 fully saturated rings. The number of anilines is 1. The lowest BCUT2D eigenvalue weighted by Crippen LogP contribution is -2.13. The van der Waals surface area contributed by atoms with Gasteiger partial charge in [0.2, 0.25) is 0 Å². The third kappa shape index (κ3) is 2.75. The van der Waals surface area contributed by atoms with Gasteiger partial charge in [-0.1, -0.05) is 6.07 Å². The van der Waals surface area contributed by atoms with Crippen LogP contribution in [0.5, 0.6) is 0 Å². The second-order valence-electron chi connectivity index (χ2n) is 4.88. The van der Waals surface area contributed by atoms with Crippen molar-refractivity contribution >= 4 is 23.0 Å². The van der Waals surface area contributed by atoms with Crippen LogP contribution in [-0.2, 0) is 4.74 Å². The first kappa shape index (κ1) is 15.8. The van der Waals surface area contributed by atoms with Crippen molar-refractivity contribution in [2.45, 2.75) is 6.92 Å². The zero-order chi connectivity index (χ0) is 17.1. The highest BCUT2D eigenvalue weighted by Gasteiger charge is 2.25. The van der Waals surface area contributed by atoms with Gasteiger partial charge in [0.15, 0.2) is 5.69 Å². The fourth-order valence-corrected chi connectivity index (χ4v) is 3.01. The second-order valence-corrected chi connectivity index (χ2v) is 5.83. The van der Waals surface area contributed by atoms with Gasteiger partial charge in [0, 0.05) is 0 Å². The van der Waals surface area contributed by atoms with Crippen molar-refractivity contribution in [2.75, 3.05) is 12.3 Å². The topological polar surface area (TPSA) is 93.9 Å². The van der Waals surface area contributed by atoms with Crippen LogP contribution < -0.4 is 5.73 Å². The molecule has 0 aliphatic carbocycles. The van der Waals surface area contributed by atoms with Gasteiger partial charge in [0.1, 0.15) is 5.69 Å². The molecule has 0 aliphatic rings. The first-order valence-corrected chi connectivity index (χ1v) is 8.13. The monoisotopic (exact) mass is 338 g/mol. The first-order valence-electron chi connectivity index (χ1n) is 7.25. The fraction of sp³-hybridized carbons (Fsp3) is 0.118. The van der Waals surface area contributed by atoms with E-state index in [1.807, 2.05) is 17.5 Å². The Morgan fingerprint density at radius 3 is 2.71 bits per heavy atom. The molecule has 0 spiro atoms. The minimum absolute atomic E-state index is 0.185. The fourth-order valence-electron chi connectivity index (χ4n) is 2.29. The summed E-state index contributed by atoms with van der Waals surface area (Å²) in [5.74, 6) is -0.533. The predicted molar refractivity (Wildman–Crippen MR) is 92.0 cm³/mol. The molecule has 0 atom stereocenters. The molecule has 0 bridgehead atoms. The minimum Gasteiger partial charge on any atom is -0.461 e. The number of thiophene rings is 1. The van der Waals surface area contributed by atoms with E-state index in [1.165, 1.54) is 16.0 Å². The van der Waals surface area contributed by atoms with E-state index in [2.05, 4.69) is 11.2 Å². The van der Waals surface area contributed by atoms with E-state index in [0.717, 1.165) is 4.88 Å². The Balaban J connectivity index is 2.17. The van der Waals surface area contributed by atoms with Crippen LogP contribution in [0.1, 0.15) is 23.0 Å². The van der Waals surface area contributed by atoms with Crippen LogP contribution >= 0.6 is 11.3 Å². The molecular formula is C17H14N4O2S. The molecule has 1 aromatic carbocycles. The minimum atomic E-state index is -0.533. The summed E-state index contributed by atoms with van der Waals surface area (Å²) in [7, 11) is 0. The van der Waals surface area contributed by atoms with Crippen molar-refractivity contribution in [3.05, 3.63) is 53.0 Å². The Morgan fingerprint density at radius 1 is 1.38 bits per heavy atom. The number of nitrogen functional groups attached to an aromatic ring is 1. The smallest absolute Gasteiger partial charge is 0.359 e. The summed E-state index contributed by atoms with van der Waals surface area (Å²) in [6.45, 7) is 1.97. The quantitative estimate of drug-likeness (QED) is 0.737. The van der Waals surface area contributed by atoms with E-state index in [4.69, 9.17) is 15.7 Å². The summed E-state index contributed by atoms with van der Waals surface area (Å²) in [5.41, 5.74) is 8.35. The summed E-state index contributed by atoms with van der Waals surface area (Å²) in [5, 5.41) is 15.3. The maximum Gasteiger partial charge on any atom is 0.359 e. The molecule has 3 rings (SSSR count). The molecule has 0 amide bonds. The molecule has 120 valence electrons. The molecule has 24 heavy (non-hydrogen) atoms. The number of benzene rings is 1. The second kappa shape index (κ2) is 6.56. The number of hydrogen-bond acceptors (Lipinski definition) is 6. The number of rotatable bonds is 4. The molecule has 0 saturated heterocycles. The summed E-state index contributed by atoms with van der Waals surface area (Å²) in [4.78, 5) is 13.2. The van der Waals surface area contributed by atoms with Crippen LogP contribution in [-0.4, -0.2) is 22.4 Å². The zero-order valence-electron chi connectivity index (χ0n) is 12.9. The number of nitriles is 1. The summed E-state index contributed by atoms with van der Waals surface area (Å²) < 4.78 is 6.58. The molecule has 2 heterocycles. The van der Waals surface area contributed by atoms with Gasteiger partial charge < -0.3 is 10.5 Å². The van der Waals surface area contributed by atoms with Gasteiger partial charge >= 0.3 is 5.97 Å². The molecule has 0 unspecified atom stereocenters. The highest BCUT2D eigenvalue weighted by Crippen LogP contribution is 2.33. The molecule has 0 saturated carbocycles. The third-order valence-electron chi connectivity index (χ3n) is 3.39. The number of esters is 1. The average molecular weight is 338 g/mol. The van der Waals surface area contributed by atoms with Gasteiger partial charge in [-0.3, -0.25) is 0 Å². The molecule has 0 radical (unpaired) electrons. The average Bonchev–Trinajstić information content (AvgIpc) is 3.22. The molecule has 0 aliphatic heterocycles. The Morgan fingerprint density at radius 2 is 2.12 bits per heavy atom. The van der Waals surface area contributed by atoms with Crippen molar-refractivity contribution in [1.29, 1.82) is 5.26 Å². The van der Waals surface area contributed by atoms with E-state index < -0.39 is 5.97 Å². The predicted octanol–water partition coefficient (Wildman–Crippen LogP) is 3.23. The number of aromatic nitrogens is 2. The first-order chi connectivity index (χ1) is 11.7. The molecule has 6 nitrogen and oxygen atoms in total. The summed E-state index contributed by atoms with van der Waals surface area (Å²) >= 11 is 1.49. The van der Waals surface area contributed by atoms with Gasteiger partial charge in [-0.2, -0.15) is 10.4 Å². The van der Waals surface area contributed by atoms with Crippen LogP contribution in [0.2, 0.25) is 0 Å². The molecule has 3 aromatic rings. The van der Waals surface area contributed by atoms with E-state index in [1.54, 1.807) is 31.2 Å². The van der Waals surface area contributed by atoms with E-state index in [0.29, 0.717) is 16.9 Å². The van der Waals surface area contributed by atoms with Gasteiger partial charge in [-0.15, -0.1) is 11.3 Å². The van der Waals surface area contributed by atoms with Crippen LogP contribution in [0, 0.1) is 11.3 Å². The van der Waals surface area contributed by atoms with Crippen LogP contribution in [0.25, 0.3) is 16.3 Å². The summed E-state index contributed by atoms with van der Waals surface area (Å²) in [6.07, 6.45) is 0. The van der Waals surface area contributed by atoms with Gasteiger partial charge in [-0.25, -0.2) is 9.48 Å². The number of carbonyl (C=O) groups excluding carboxylic acids is 1. The van der Waals surface area contributed by atoms with Crippen molar-refractivity contribution < 1.29 is 9.53 Å².